The number of carbonyl (C=O) groups excluding carboxylic acids is 1. The molecule has 0 fully saturated rings. The van der Waals surface area contributed by atoms with E-state index in [1.54, 1.807) is 29.5 Å². The van der Waals surface area contributed by atoms with Gasteiger partial charge in [0.25, 0.3) is 0 Å². The van der Waals surface area contributed by atoms with Crippen LogP contribution in [0.4, 0.5) is 0 Å². The molecule has 18 heavy (non-hydrogen) atoms. The van der Waals surface area contributed by atoms with Gasteiger partial charge < -0.3 is 4.74 Å². The topological polar surface area (TPSA) is 26.3 Å². The van der Waals surface area contributed by atoms with Crippen LogP contribution in [0.2, 0.25) is 0 Å². The second-order valence-electron chi connectivity index (χ2n) is 3.71. The van der Waals surface area contributed by atoms with Crippen molar-refractivity contribution in [1.82, 2.24) is 0 Å². The maximum Gasteiger partial charge on any atom is 0.231 e. The van der Waals surface area contributed by atoms with Gasteiger partial charge in [0, 0.05) is 15.4 Å². The van der Waals surface area contributed by atoms with Gasteiger partial charge in [-0.25, -0.2) is 0 Å². The molecule has 5 heteroatoms. The highest BCUT2D eigenvalue weighted by Gasteiger charge is 2.26. The summed E-state index contributed by atoms with van der Waals surface area (Å²) in [7, 11) is 0. The Morgan fingerprint density at radius 3 is 2.67 bits per heavy atom. The van der Waals surface area contributed by atoms with Gasteiger partial charge in [0.05, 0.1) is 9.35 Å². The summed E-state index contributed by atoms with van der Waals surface area (Å²) in [6.07, 6.45) is 1.77. The van der Waals surface area contributed by atoms with Crippen molar-refractivity contribution in [3.05, 3.63) is 54.8 Å². The van der Waals surface area contributed by atoms with Crippen molar-refractivity contribution in [2.75, 3.05) is 0 Å². The number of carbonyl (C=O) groups is 1. The highest BCUT2D eigenvalue weighted by Crippen LogP contribution is 2.36. The molecule has 0 aliphatic carbocycles. The minimum Gasteiger partial charge on any atom is -0.452 e. The molecule has 1 aromatic carbocycles. The summed E-state index contributed by atoms with van der Waals surface area (Å²) in [5.41, 5.74) is 0.624. The number of ether oxygens (including phenoxy) is 1. The average Bonchev–Trinajstić information content (AvgIpc) is 2.83. The first kappa shape index (κ1) is 12.1. The number of Topliss-reactive ketones (excluding diaryl/α,β-unsaturated/α-hetero) is 1. The fourth-order valence-corrected chi connectivity index (χ4v) is 3.72. The van der Waals surface area contributed by atoms with Crippen LogP contribution in [0, 0.1) is 0 Å². The number of ketones is 1. The first-order chi connectivity index (χ1) is 8.65. The molecule has 0 N–H and O–H groups in total. The second kappa shape index (κ2) is 4.64. The van der Waals surface area contributed by atoms with E-state index in [4.69, 9.17) is 4.74 Å². The van der Waals surface area contributed by atoms with Crippen molar-refractivity contribution < 1.29 is 9.53 Å². The lowest BCUT2D eigenvalue weighted by Crippen LogP contribution is -1.97. The average molecular weight is 386 g/mol. The van der Waals surface area contributed by atoms with Crippen molar-refractivity contribution in [3.8, 4) is 5.75 Å². The van der Waals surface area contributed by atoms with Crippen molar-refractivity contribution >= 4 is 55.1 Å². The van der Waals surface area contributed by atoms with E-state index >= 15 is 0 Å². The third-order valence-corrected chi connectivity index (χ3v) is 5.72. The van der Waals surface area contributed by atoms with Crippen molar-refractivity contribution in [1.29, 1.82) is 0 Å². The van der Waals surface area contributed by atoms with Crippen LogP contribution >= 0.6 is 43.2 Å². The van der Waals surface area contributed by atoms with Gasteiger partial charge >= 0.3 is 0 Å². The smallest absolute Gasteiger partial charge is 0.231 e. The Hall–Kier alpha value is -0.910. The van der Waals surface area contributed by atoms with Crippen LogP contribution in [0.1, 0.15) is 15.2 Å². The molecular formula is C13H6Br2O2S. The Morgan fingerprint density at radius 2 is 2.00 bits per heavy atom. The molecule has 2 nitrogen and oxygen atoms in total. The van der Waals surface area contributed by atoms with Gasteiger partial charge in [0.2, 0.25) is 5.78 Å². The van der Waals surface area contributed by atoms with Gasteiger partial charge in [-0.3, -0.25) is 4.79 Å². The number of rotatable bonds is 1. The minimum atomic E-state index is -0.0637. The Labute approximate surface area is 125 Å². The number of para-hydroxylation sites is 1. The zero-order chi connectivity index (χ0) is 12.7. The maximum absolute atomic E-state index is 12.1. The molecule has 0 saturated carbocycles. The van der Waals surface area contributed by atoms with Gasteiger partial charge in [0.15, 0.2) is 5.76 Å². The van der Waals surface area contributed by atoms with Crippen LogP contribution < -0.4 is 4.74 Å². The molecule has 2 heterocycles. The normalized spacial score (nSPS) is 15.9. The molecule has 1 aromatic heterocycles. The summed E-state index contributed by atoms with van der Waals surface area (Å²) in [4.78, 5) is 13.0. The monoisotopic (exact) mass is 384 g/mol. The fraction of sp³-hybridized carbons (Fsp3) is 0. The highest BCUT2D eigenvalue weighted by atomic mass is 79.9. The zero-order valence-electron chi connectivity index (χ0n) is 8.94. The van der Waals surface area contributed by atoms with Crippen LogP contribution in [-0.4, -0.2) is 5.78 Å². The predicted octanol–water partition coefficient (Wildman–Crippen LogP) is 4.89. The van der Waals surface area contributed by atoms with Crippen LogP contribution in [0.15, 0.2) is 44.4 Å². The van der Waals surface area contributed by atoms with E-state index in [1.165, 1.54) is 0 Å². The van der Waals surface area contributed by atoms with Crippen molar-refractivity contribution in [2.45, 2.75) is 0 Å². The molecule has 0 radical (unpaired) electrons. The minimum absolute atomic E-state index is 0.0637. The summed E-state index contributed by atoms with van der Waals surface area (Å²) >= 11 is 8.39. The number of hydrogen-bond acceptors (Lipinski definition) is 3. The highest BCUT2D eigenvalue weighted by molar-refractivity contribution is 9.13. The Bertz CT molecular complexity index is 654. The van der Waals surface area contributed by atoms with E-state index in [9.17, 15) is 4.79 Å². The Balaban J connectivity index is 1.99. The number of fused-ring (bicyclic) bond motifs is 1. The SMILES string of the molecule is O=C1/C(=C/c2cc(Br)c(Br)s2)Oc2ccccc21. The summed E-state index contributed by atoms with van der Waals surface area (Å²) < 4.78 is 7.53. The number of benzene rings is 1. The molecule has 90 valence electrons. The molecule has 0 bridgehead atoms. The largest absolute Gasteiger partial charge is 0.452 e. The number of hydrogen-bond donors (Lipinski definition) is 0. The zero-order valence-corrected chi connectivity index (χ0v) is 12.9. The van der Waals surface area contributed by atoms with Gasteiger partial charge in [-0.2, -0.15) is 0 Å². The van der Waals surface area contributed by atoms with E-state index < -0.39 is 0 Å². The molecule has 1 aliphatic rings. The molecule has 0 atom stereocenters. The lowest BCUT2D eigenvalue weighted by Gasteiger charge is -1.95. The van der Waals surface area contributed by atoms with Crippen molar-refractivity contribution in [3.63, 3.8) is 0 Å². The quantitative estimate of drug-likeness (QED) is 0.653. The Morgan fingerprint density at radius 1 is 1.22 bits per heavy atom. The van der Waals surface area contributed by atoms with Crippen LogP contribution in [0.3, 0.4) is 0 Å². The number of allylic oxidation sites excluding steroid dienone is 1. The van der Waals surface area contributed by atoms with E-state index in [2.05, 4.69) is 31.9 Å². The molecule has 0 saturated heterocycles. The van der Waals surface area contributed by atoms with Gasteiger partial charge in [0.1, 0.15) is 5.75 Å². The first-order valence-corrected chi connectivity index (χ1v) is 7.53. The lowest BCUT2D eigenvalue weighted by atomic mass is 10.1. The molecule has 0 amide bonds. The standard InChI is InChI=1S/C13H6Br2O2S/c14-9-5-7(18-13(9)15)6-11-12(16)8-3-1-2-4-10(8)17-11/h1-6H/b11-6-. The molecule has 0 spiro atoms. The van der Waals surface area contributed by atoms with Crippen LogP contribution in [0.25, 0.3) is 6.08 Å². The van der Waals surface area contributed by atoms with Gasteiger partial charge in [-0.05, 0) is 50.1 Å². The van der Waals surface area contributed by atoms with Crippen molar-refractivity contribution in [2.24, 2.45) is 0 Å². The van der Waals surface area contributed by atoms with E-state index in [0.717, 1.165) is 13.1 Å². The number of halogens is 2. The summed E-state index contributed by atoms with van der Waals surface area (Å²) in [5.74, 6) is 0.937. The van der Waals surface area contributed by atoms with E-state index in [-0.39, 0.29) is 5.78 Å². The number of thiophene rings is 1. The van der Waals surface area contributed by atoms with Crippen LogP contribution in [0.5, 0.6) is 5.75 Å². The second-order valence-corrected chi connectivity index (χ2v) is 6.96. The lowest BCUT2D eigenvalue weighted by molar-refractivity contribution is 0.101. The first-order valence-electron chi connectivity index (χ1n) is 5.13. The van der Waals surface area contributed by atoms with E-state index in [1.807, 2.05) is 18.2 Å². The van der Waals surface area contributed by atoms with E-state index in [0.29, 0.717) is 17.1 Å². The summed E-state index contributed by atoms with van der Waals surface area (Å²) in [6, 6.07) is 9.21. The van der Waals surface area contributed by atoms with Gasteiger partial charge in [-0.15, -0.1) is 11.3 Å². The molecule has 0 unspecified atom stereocenters. The molecular weight excluding hydrogens is 380 g/mol. The summed E-state index contributed by atoms with van der Waals surface area (Å²) in [5, 5.41) is 0. The fourth-order valence-electron chi connectivity index (χ4n) is 1.70. The summed E-state index contributed by atoms with van der Waals surface area (Å²) in [6.45, 7) is 0. The predicted molar refractivity (Wildman–Crippen MR) is 79.1 cm³/mol. The van der Waals surface area contributed by atoms with Gasteiger partial charge in [-0.1, -0.05) is 12.1 Å². The third-order valence-electron chi connectivity index (χ3n) is 2.51. The maximum atomic E-state index is 12.1. The molecule has 1 aliphatic heterocycles. The van der Waals surface area contributed by atoms with Crippen LogP contribution in [-0.2, 0) is 0 Å². The Kier molecular flexibility index (Phi) is 3.13. The third kappa shape index (κ3) is 2.06. The molecule has 3 rings (SSSR count). The molecule has 2 aromatic rings.